The molecular weight excluding hydrogens is 338 g/mol. The SMILES string of the molecule is Cc1ccc(-c2ccccc2C(=O)OCC(=O)N2CC(C)CC(C)C2)cc1. The molecule has 0 aromatic heterocycles. The summed E-state index contributed by atoms with van der Waals surface area (Å²) in [6, 6.07) is 15.4. The fourth-order valence-corrected chi connectivity index (χ4v) is 3.81. The van der Waals surface area contributed by atoms with Crippen LogP contribution in [0.15, 0.2) is 48.5 Å². The zero-order valence-electron chi connectivity index (χ0n) is 16.3. The number of piperidine rings is 1. The summed E-state index contributed by atoms with van der Waals surface area (Å²) >= 11 is 0. The quantitative estimate of drug-likeness (QED) is 0.758. The Balaban J connectivity index is 1.68. The molecule has 1 heterocycles. The number of carbonyl (C=O) groups excluding carboxylic acids is 2. The minimum Gasteiger partial charge on any atom is -0.452 e. The van der Waals surface area contributed by atoms with Crippen molar-refractivity contribution >= 4 is 11.9 Å². The van der Waals surface area contributed by atoms with Gasteiger partial charge in [-0.3, -0.25) is 4.79 Å². The number of rotatable bonds is 4. The van der Waals surface area contributed by atoms with Crippen LogP contribution in [0.25, 0.3) is 11.1 Å². The lowest BCUT2D eigenvalue weighted by molar-refractivity contribution is -0.137. The predicted molar refractivity (Wildman–Crippen MR) is 106 cm³/mol. The molecule has 0 aliphatic carbocycles. The maximum absolute atomic E-state index is 12.6. The summed E-state index contributed by atoms with van der Waals surface area (Å²) in [4.78, 5) is 26.9. The molecule has 1 aliphatic heterocycles. The second-order valence-corrected chi connectivity index (χ2v) is 7.73. The molecule has 142 valence electrons. The van der Waals surface area contributed by atoms with E-state index < -0.39 is 5.97 Å². The molecule has 1 saturated heterocycles. The first-order valence-electron chi connectivity index (χ1n) is 9.55. The number of ether oxygens (including phenoxy) is 1. The number of hydrogen-bond donors (Lipinski definition) is 0. The van der Waals surface area contributed by atoms with E-state index in [0.29, 0.717) is 17.4 Å². The smallest absolute Gasteiger partial charge is 0.339 e. The van der Waals surface area contributed by atoms with Crippen LogP contribution in [0.2, 0.25) is 0 Å². The van der Waals surface area contributed by atoms with Gasteiger partial charge in [-0.05, 0) is 42.4 Å². The van der Waals surface area contributed by atoms with E-state index in [9.17, 15) is 9.59 Å². The fourth-order valence-electron chi connectivity index (χ4n) is 3.81. The van der Waals surface area contributed by atoms with Gasteiger partial charge in [-0.15, -0.1) is 0 Å². The molecule has 2 atom stereocenters. The van der Waals surface area contributed by atoms with Gasteiger partial charge in [0, 0.05) is 13.1 Å². The van der Waals surface area contributed by atoms with Crippen LogP contribution in [-0.4, -0.2) is 36.5 Å². The number of nitrogens with zero attached hydrogens (tertiary/aromatic N) is 1. The van der Waals surface area contributed by atoms with Crippen LogP contribution < -0.4 is 0 Å². The summed E-state index contributed by atoms with van der Waals surface area (Å²) in [7, 11) is 0. The average Bonchev–Trinajstić information content (AvgIpc) is 2.65. The highest BCUT2D eigenvalue weighted by Crippen LogP contribution is 2.25. The second kappa shape index (κ2) is 8.38. The topological polar surface area (TPSA) is 46.6 Å². The van der Waals surface area contributed by atoms with Crippen molar-refractivity contribution in [2.75, 3.05) is 19.7 Å². The largest absolute Gasteiger partial charge is 0.452 e. The lowest BCUT2D eigenvalue weighted by Crippen LogP contribution is -2.44. The van der Waals surface area contributed by atoms with Gasteiger partial charge < -0.3 is 9.64 Å². The molecule has 0 saturated carbocycles. The van der Waals surface area contributed by atoms with E-state index in [1.807, 2.05) is 54.3 Å². The normalized spacial score (nSPS) is 19.6. The summed E-state index contributed by atoms with van der Waals surface area (Å²) in [6.45, 7) is 7.60. The van der Waals surface area contributed by atoms with Crippen LogP contribution in [0.3, 0.4) is 0 Å². The van der Waals surface area contributed by atoms with Crippen molar-refractivity contribution in [2.24, 2.45) is 11.8 Å². The first-order valence-corrected chi connectivity index (χ1v) is 9.55. The molecule has 4 heteroatoms. The zero-order chi connectivity index (χ0) is 19.4. The molecular formula is C23H27NO3. The van der Waals surface area contributed by atoms with Crippen molar-refractivity contribution in [2.45, 2.75) is 27.2 Å². The van der Waals surface area contributed by atoms with Crippen LogP contribution in [0, 0.1) is 18.8 Å². The van der Waals surface area contributed by atoms with Gasteiger partial charge in [0.15, 0.2) is 6.61 Å². The van der Waals surface area contributed by atoms with Crippen molar-refractivity contribution in [3.05, 3.63) is 59.7 Å². The van der Waals surface area contributed by atoms with Crippen molar-refractivity contribution in [3.63, 3.8) is 0 Å². The van der Waals surface area contributed by atoms with Crippen LogP contribution in [0.4, 0.5) is 0 Å². The summed E-state index contributed by atoms with van der Waals surface area (Å²) in [6.07, 6.45) is 1.13. The minimum atomic E-state index is -0.461. The number of hydrogen-bond acceptors (Lipinski definition) is 3. The van der Waals surface area contributed by atoms with Gasteiger partial charge in [-0.1, -0.05) is 61.9 Å². The van der Waals surface area contributed by atoms with Gasteiger partial charge in [0.05, 0.1) is 5.56 Å². The number of carbonyl (C=O) groups is 2. The van der Waals surface area contributed by atoms with Gasteiger partial charge >= 0.3 is 5.97 Å². The molecule has 1 fully saturated rings. The Morgan fingerprint density at radius 2 is 1.63 bits per heavy atom. The highest BCUT2D eigenvalue weighted by atomic mass is 16.5. The standard InChI is InChI=1S/C23H27NO3/c1-16-8-10-19(11-9-16)20-6-4-5-7-21(20)23(26)27-15-22(25)24-13-17(2)12-18(3)14-24/h4-11,17-18H,12-15H2,1-3H3. The van der Waals surface area contributed by atoms with Crippen molar-refractivity contribution in [1.29, 1.82) is 0 Å². The average molecular weight is 365 g/mol. The Bertz CT molecular complexity index is 803. The lowest BCUT2D eigenvalue weighted by Gasteiger charge is -2.34. The first kappa shape index (κ1) is 19.2. The van der Waals surface area contributed by atoms with E-state index in [0.717, 1.165) is 36.2 Å². The molecule has 0 N–H and O–H groups in total. The van der Waals surface area contributed by atoms with Gasteiger partial charge in [0.2, 0.25) is 0 Å². The van der Waals surface area contributed by atoms with Gasteiger partial charge in [-0.25, -0.2) is 4.79 Å². The summed E-state index contributed by atoms with van der Waals surface area (Å²) in [5, 5.41) is 0. The molecule has 2 unspecified atom stereocenters. The molecule has 2 aromatic rings. The second-order valence-electron chi connectivity index (χ2n) is 7.73. The van der Waals surface area contributed by atoms with E-state index in [-0.39, 0.29) is 12.5 Å². The van der Waals surface area contributed by atoms with Crippen molar-refractivity contribution in [3.8, 4) is 11.1 Å². The molecule has 0 bridgehead atoms. The Morgan fingerprint density at radius 1 is 1.00 bits per heavy atom. The van der Waals surface area contributed by atoms with Crippen LogP contribution in [0.5, 0.6) is 0 Å². The zero-order valence-corrected chi connectivity index (χ0v) is 16.3. The Hall–Kier alpha value is -2.62. The van der Waals surface area contributed by atoms with Gasteiger partial charge in [0.25, 0.3) is 5.91 Å². The number of esters is 1. The molecule has 1 aliphatic rings. The van der Waals surface area contributed by atoms with Crippen LogP contribution in [-0.2, 0) is 9.53 Å². The van der Waals surface area contributed by atoms with E-state index in [1.165, 1.54) is 0 Å². The number of benzene rings is 2. The molecule has 0 radical (unpaired) electrons. The third kappa shape index (κ3) is 4.76. The van der Waals surface area contributed by atoms with Gasteiger partial charge in [0.1, 0.15) is 0 Å². The Morgan fingerprint density at radius 3 is 2.30 bits per heavy atom. The Kier molecular flexibility index (Phi) is 5.94. The number of aryl methyl sites for hydroxylation is 1. The maximum atomic E-state index is 12.6. The predicted octanol–water partition coefficient (Wildman–Crippen LogP) is 4.32. The fraction of sp³-hybridized carbons (Fsp3) is 0.391. The highest BCUT2D eigenvalue weighted by Gasteiger charge is 2.26. The summed E-state index contributed by atoms with van der Waals surface area (Å²) in [5.74, 6) is 0.388. The van der Waals surface area contributed by atoms with E-state index >= 15 is 0 Å². The maximum Gasteiger partial charge on any atom is 0.339 e. The van der Waals surface area contributed by atoms with Crippen molar-refractivity contribution < 1.29 is 14.3 Å². The molecule has 3 rings (SSSR count). The number of amides is 1. The van der Waals surface area contributed by atoms with Gasteiger partial charge in [-0.2, -0.15) is 0 Å². The number of likely N-dealkylation sites (tertiary alicyclic amines) is 1. The van der Waals surface area contributed by atoms with E-state index in [1.54, 1.807) is 6.07 Å². The molecule has 4 nitrogen and oxygen atoms in total. The third-order valence-electron chi connectivity index (χ3n) is 5.06. The van der Waals surface area contributed by atoms with E-state index in [4.69, 9.17) is 4.74 Å². The van der Waals surface area contributed by atoms with Crippen molar-refractivity contribution in [1.82, 2.24) is 4.90 Å². The summed E-state index contributed by atoms with van der Waals surface area (Å²) < 4.78 is 5.37. The highest BCUT2D eigenvalue weighted by molar-refractivity contribution is 5.98. The van der Waals surface area contributed by atoms with Crippen LogP contribution >= 0.6 is 0 Å². The lowest BCUT2D eigenvalue weighted by atomic mass is 9.92. The third-order valence-corrected chi connectivity index (χ3v) is 5.06. The molecule has 27 heavy (non-hydrogen) atoms. The van der Waals surface area contributed by atoms with Crippen LogP contribution in [0.1, 0.15) is 36.2 Å². The van der Waals surface area contributed by atoms with E-state index in [2.05, 4.69) is 13.8 Å². The molecule has 0 spiro atoms. The molecule has 2 aromatic carbocycles. The monoisotopic (exact) mass is 365 g/mol. The minimum absolute atomic E-state index is 0.116. The summed E-state index contributed by atoms with van der Waals surface area (Å²) in [5.41, 5.74) is 3.41. The first-order chi connectivity index (χ1) is 12.9. The Labute approximate surface area is 161 Å². The molecule has 1 amide bonds.